The highest BCUT2D eigenvalue weighted by atomic mass is 32.2. The second-order valence-corrected chi connectivity index (χ2v) is 7.02. The van der Waals surface area contributed by atoms with Crippen molar-refractivity contribution < 1.29 is 8.42 Å². The molecule has 0 aliphatic carbocycles. The summed E-state index contributed by atoms with van der Waals surface area (Å²) in [5, 5.41) is 0. The van der Waals surface area contributed by atoms with Crippen LogP contribution in [0.15, 0.2) is 47.4 Å². The van der Waals surface area contributed by atoms with Gasteiger partial charge in [-0.3, -0.25) is 4.72 Å². The molecule has 0 bridgehead atoms. The van der Waals surface area contributed by atoms with E-state index in [4.69, 9.17) is 5.73 Å². The van der Waals surface area contributed by atoms with E-state index in [2.05, 4.69) is 4.72 Å². The number of sulfonamides is 1. The maximum atomic E-state index is 12.6. The Bertz CT molecular complexity index is 753. The van der Waals surface area contributed by atoms with E-state index in [0.717, 1.165) is 5.56 Å². The molecule has 4 nitrogen and oxygen atoms in total. The van der Waals surface area contributed by atoms with Crippen LogP contribution in [0, 0.1) is 6.92 Å². The third-order valence-electron chi connectivity index (χ3n) is 3.32. The number of hydrogen-bond acceptors (Lipinski definition) is 3. The second-order valence-electron chi connectivity index (χ2n) is 5.37. The van der Waals surface area contributed by atoms with Gasteiger partial charge in [-0.05, 0) is 48.2 Å². The van der Waals surface area contributed by atoms with E-state index >= 15 is 0 Å². The fraction of sp³-hybridized carbons (Fsp3) is 0.250. The Hall–Kier alpha value is -2.01. The molecule has 0 fully saturated rings. The molecule has 2 aromatic carbocycles. The van der Waals surface area contributed by atoms with Crippen molar-refractivity contribution >= 4 is 21.4 Å². The standard InChI is InChI=1S/C16H20N2O2S/c1-11(2)14-6-4-5-7-15(14)18-21(19,20)16-9-8-13(17)10-12(16)3/h4-11,18H,17H2,1-3H3. The summed E-state index contributed by atoms with van der Waals surface area (Å²) in [6.45, 7) is 5.79. The number of nitrogens with one attached hydrogen (secondary N) is 1. The largest absolute Gasteiger partial charge is 0.399 e. The van der Waals surface area contributed by atoms with Crippen LogP contribution in [0.2, 0.25) is 0 Å². The van der Waals surface area contributed by atoms with Gasteiger partial charge in [0.05, 0.1) is 10.6 Å². The molecule has 112 valence electrons. The first kappa shape index (κ1) is 15.4. The topological polar surface area (TPSA) is 72.2 Å². The highest BCUT2D eigenvalue weighted by Crippen LogP contribution is 2.27. The van der Waals surface area contributed by atoms with Crippen LogP contribution in [0.4, 0.5) is 11.4 Å². The minimum absolute atomic E-state index is 0.233. The second kappa shape index (κ2) is 5.77. The predicted molar refractivity (Wildman–Crippen MR) is 86.9 cm³/mol. The normalized spacial score (nSPS) is 11.6. The van der Waals surface area contributed by atoms with E-state index in [9.17, 15) is 8.42 Å². The van der Waals surface area contributed by atoms with Crippen molar-refractivity contribution in [2.24, 2.45) is 0 Å². The molecule has 0 radical (unpaired) electrons. The SMILES string of the molecule is Cc1cc(N)ccc1S(=O)(=O)Nc1ccccc1C(C)C. The molecule has 2 aromatic rings. The average molecular weight is 304 g/mol. The number of nitrogens with two attached hydrogens (primary N) is 1. The Kier molecular flexibility index (Phi) is 4.23. The summed E-state index contributed by atoms with van der Waals surface area (Å²) < 4.78 is 27.8. The molecule has 0 heterocycles. The molecule has 2 rings (SSSR count). The lowest BCUT2D eigenvalue weighted by Crippen LogP contribution is -2.15. The number of anilines is 2. The van der Waals surface area contributed by atoms with Crippen LogP contribution in [0.3, 0.4) is 0 Å². The monoisotopic (exact) mass is 304 g/mol. The maximum absolute atomic E-state index is 12.6. The average Bonchev–Trinajstić information content (AvgIpc) is 2.37. The van der Waals surface area contributed by atoms with Crippen LogP contribution in [0.1, 0.15) is 30.9 Å². The molecule has 0 saturated heterocycles. The summed E-state index contributed by atoms with van der Waals surface area (Å²) in [5.74, 6) is 0.233. The lowest BCUT2D eigenvalue weighted by molar-refractivity contribution is 0.600. The third-order valence-corrected chi connectivity index (χ3v) is 4.84. The molecular weight excluding hydrogens is 284 g/mol. The van der Waals surface area contributed by atoms with E-state index < -0.39 is 10.0 Å². The van der Waals surface area contributed by atoms with Crippen LogP contribution >= 0.6 is 0 Å². The van der Waals surface area contributed by atoms with Gasteiger partial charge >= 0.3 is 0 Å². The third kappa shape index (κ3) is 3.36. The van der Waals surface area contributed by atoms with E-state index in [-0.39, 0.29) is 10.8 Å². The van der Waals surface area contributed by atoms with Crippen LogP contribution in [-0.2, 0) is 10.0 Å². The van der Waals surface area contributed by atoms with E-state index in [1.165, 1.54) is 6.07 Å². The van der Waals surface area contributed by atoms with Crippen molar-refractivity contribution in [3.8, 4) is 0 Å². The van der Waals surface area contributed by atoms with Gasteiger partial charge in [0.1, 0.15) is 0 Å². The van der Waals surface area contributed by atoms with Crippen molar-refractivity contribution in [1.29, 1.82) is 0 Å². The van der Waals surface area contributed by atoms with Gasteiger partial charge < -0.3 is 5.73 Å². The van der Waals surface area contributed by atoms with Crippen molar-refractivity contribution in [3.63, 3.8) is 0 Å². The predicted octanol–water partition coefficient (Wildman–Crippen LogP) is 3.50. The number of nitrogen functional groups attached to an aromatic ring is 1. The number of benzene rings is 2. The van der Waals surface area contributed by atoms with Crippen molar-refractivity contribution in [2.75, 3.05) is 10.5 Å². The van der Waals surface area contributed by atoms with E-state index in [1.807, 2.05) is 32.0 Å². The molecule has 0 spiro atoms. The van der Waals surface area contributed by atoms with Gasteiger partial charge in [0, 0.05) is 5.69 Å². The Morgan fingerprint density at radius 3 is 2.38 bits per heavy atom. The maximum Gasteiger partial charge on any atom is 0.262 e. The van der Waals surface area contributed by atoms with Crippen molar-refractivity contribution in [3.05, 3.63) is 53.6 Å². The smallest absolute Gasteiger partial charge is 0.262 e. The van der Waals surface area contributed by atoms with E-state index in [1.54, 1.807) is 25.1 Å². The zero-order valence-electron chi connectivity index (χ0n) is 12.4. The molecule has 0 unspecified atom stereocenters. The molecule has 0 aromatic heterocycles. The lowest BCUT2D eigenvalue weighted by Gasteiger charge is -2.16. The first-order valence-corrected chi connectivity index (χ1v) is 8.27. The first-order chi connectivity index (χ1) is 9.81. The molecule has 0 saturated carbocycles. The van der Waals surface area contributed by atoms with Crippen LogP contribution in [0.25, 0.3) is 0 Å². The van der Waals surface area contributed by atoms with Crippen LogP contribution in [-0.4, -0.2) is 8.42 Å². The highest BCUT2D eigenvalue weighted by molar-refractivity contribution is 7.92. The lowest BCUT2D eigenvalue weighted by atomic mass is 10.0. The van der Waals surface area contributed by atoms with Gasteiger partial charge in [0.2, 0.25) is 0 Å². The molecule has 21 heavy (non-hydrogen) atoms. The molecule has 5 heteroatoms. The molecular formula is C16H20N2O2S. The quantitative estimate of drug-likeness (QED) is 0.849. The Labute approximate surface area is 126 Å². The van der Waals surface area contributed by atoms with Crippen LogP contribution in [0.5, 0.6) is 0 Å². The number of hydrogen-bond donors (Lipinski definition) is 2. The molecule has 0 aliphatic rings. The molecule has 3 N–H and O–H groups in total. The molecule has 0 atom stereocenters. The summed E-state index contributed by atoms with van der Waals surface area (Å²) in [5.41, 5.74) is 8.43. The Morgan fingerprint density at radius 1 is 1.10 bits per heavy atom. The minimum atomic E-state index is -3.62. The molecule has 0 aliphatic heterocycles. The van der Waals surface area contributed by atoms with Gasteiger partial charge in [-0.1, -0.05) is 32.0 Å². The zero-order valence-corrected chi connectivity index (χ0v) is 13.2. The van der Waals surface area contributed by atoms with Gasteiger partial charge in [-0.25, -0.2) is 8.42 Å². The summed E-state index contributed by atoms with van der Waals surface area (Å²) >= 11 is 0. The first-order valence-electron chi connectivity index (χ1n) is 6.79. The van der Waals surface area contributed by atoms with Crippen LogP contribution < -0.4 is 10.5 Å². The highest BCUT2D eigenvalue weighted by Gasteiger charge is 2.18. The Balaban J connectivity index is 2.43. The minimum Gasteiger partial charge on any atom is -0.399 e. The summed E-state index contributed by atoms with van der Waals surface area (Å²) in [4.78, 5) is 0.246. The number of aryl methyl sites for hydroxylation is 1. The summed E-state index contributed by atoms with van der Waals surface area (Å²) in [6.07, 6.45) is 0. The zero-order chi connectivity index (χ0) is 15.6. The van der Waals surface area contributed by atoms with Gasteiger partial charge in [-0.2, -0.15) is 0 Å². The summed E-state index contributed by atoms with van der Waals surface area (Å²) in [7, 11) is -3.62. The van der Waals surface area contributed by atoms with Gasteiger partial charge in [0.25, 0.3) is 10.0 Å². The Morgan fingerprint density at radius 2 is 1.76 bits per heavy atom. The summed E-state index contributed by atoms with van der Waals surface area (Å²) in [6, 6.07) is 12.2. The fourth-order valence-electron chi connectivity index (χ4n) is 2.27. The van der Waals surface area contributed by atoms with Crippen molar-refractivity contribution in [1.82, 2.24) is 0 Å². The van der Waals surface area contributed by atoms with E-state index in [0.29, 0.717) is 16.9 Å². The number of rotatable bonds is 4. The number of para-hydroxylation sites is 1. The molecule has 0 amide bonds. The fourth-order valence-corrected chi connectivity index (χ4v) is 3.58. The van der Waals surface area contributed by atoms with Gasteiger partial charge in [-0.15, -0.1) is 0 Å². The van der Waals surface area contributed by atoms with Gasteiger partial charge in [0.15, 0.2) is 0 Å². The van der Waals surface area contributed by atoms with Crippen molar-refractivity contribution in [2.45, 2.75) is 31.6 Å².